The van der Waals surface area contributed by atoms with E-state index in [4.69, 9.17) is 0 Å². The van der Waals surface area contributed by atoms with E-state index in [1.165, 1.54) is 5.56 Å². The third kappa shape index (κ3) is 2.64. The number of nitrogens with zero attached hydrogens (tertiary/aromatic N) is 4. The second-order valence-corrected chi connectivity index (χ2v) is 3.75. The summed E-state index contributed by atoms with van der Waals surface area (Å²) < 4.78 is 1.70. The van der Waals surface area contributed by atoms with Gasteiger partial charge in [-0.3, -0.25) is 9.67 Å². The molecule has 0 aliphatic rings. The fourth-order valence-corrected chi connectivity index (χ4v) is 1.49. The Morgan fingerprint density at radius 3 is 2.94 bits per heavy atom. The lowest BCUT2D eigenvalue weighted by atomic mass is 10.2. The average molecular weight is 217 g/mol. The van der Waals surface area contributed by atoms with Gasteiger partial charge in [0.1, 0.15) is 0 Å². The van der Waals surface area contributed by atoms with Crippen LogP contribution in [0.25, 0.3) is 0 Å². The molecule has 0 amide bonds. The van der Waals surface area contributed by atoms with Gasteiger partial charge in [0.2, 0.25) is 0 Å². The van der Waals surface area contributed by atoms with Gasteiger partial charge in [-0.05, 0) is 18.6 Å². The van der Waals surface area contributed by atoms with Crippen LogP contribution in [0.15, 0.2) is 24.5 Å². The van der Waals surface area contributed by atoms with Gasteiger partial charge in [-0.25, -0.2) is 0 Å². The molecule has 0 aliphatic carbocycles. The standard InChI is InChI=1S/C11H15N5/c1-9-4-3-5-13-11(9)7-12-6-10-8-16(2)15-14-10/h3-5,8,12H,6-7H2,1-2H3. The van der Waals surface area contributed by atoms with Crippen LogP contribution in [0.4, 0.5) is 0 Å². The molecular weight excluding hydrogens is 202 g/mol. The predicted molar refractivity (Wildman–Crippen MR) is 60.5 cm³/mol. The monoisotopic (exact) mass is 217 g/mol. The van der Waals surface area contributed by atoms with Gasteiger partial charge in [-0.2, -0.15) is 0 Å². The van der Waals surface area contributed by atoms with E-state index in [-0.39, 0.29) is 0 Å². The van der Waals surface area contributed by atoms with Crippen LogP contribution in [0.5, 0.6) is 0 Å². The Kier molecular flexibility index (Phi) is 3.26. The minimum atomic E-state index is 0.712. The van der Waals surface area contributed by atoms with E-state index >= 15 is 0 Å². The molecular formula is C11H15N5. The van der Waals surface area contributed by atoms with E-state index in [0.29, 0.717) is 6.54 Å². The molecule has 2 heterocycles. The van der Waals surface area contributed by atoms with Crippen molar-refractivity contribution in [2.24, 2.45) is 7.05 Å². The lowest BCUT2D eigenvalue weighted by molar-refractivity contribution is 0.660. The summed E-state index contributed by atoms with van der Waals surface area (Å²) in [5, 5.41) is 11.2. The van der Waals surface area contributed by atoms with Gasteiger partial charge in [0.05, 0.1) is 11.4 Å². The summed E-state index contributed by atoms with van der Waals surface area (Å²) in [6, 6.07) is 4.01. The SMILES string of the molecule is Cc1cccnc1CNCc1cn(C)nn1. The molecule has 0 unspecified atom stereocenters. The number of pyridine rings is 1. The molecule has 2 aromatic rings. The second kappa shape index (κ2) is 4.85. The van der Waals surface area contributed by atoms with Crippen molar-refractivity contribution in [1.29, 1.82) is 0 Å². The number of hydrogen-bond acceptors (Lipinski definition) is 4. The Balaban J connectivity index is 1.87. The van der Waals surface area contributed by atoms with Gasteiger partial charge in [-0.15, -0.1) is 5.10 Å². The molecule has 2 aromatic heterocycles. The Hall–Kier alpha value is -1.75. The maximum Gasteiger partial charge on any atom is 0.0964 e. The molecule has 0 atom stereocenters. The van der Waals surface area contributed by atoms with Crippen LogP contribution < -0.4 is 5.32 Å². The molecule has 0 bridgehead atoms. The largest absolute Gasteiger partial charge is 0.305 e. The van der Waals surface area contributed by atoms with E-state index < -0.39 is 0 Å². The van der Waals surface area contributed by atoms with Crippen molar-refractivity contribution in [3.05, 3.63) is 41.5 Å². The fourth-order valence-electron chi connectivity index (χ4n) is 1.49. The maximum atomic E-state index is 4.31. The molecule has 0 aromatic carbocycles. The Morgan fingerprint density at radius 2 is 2.25 bits per heavy atom. The highest BCUT2D eigenvalue weighted by Crippen LogP contribution is 2.02. The molecule has 84 valence electrons. The topological polar surface area (TPSA) is 55.6 Å². The third-order valence-corrected chi connectivity index (χ3v) is 2.37. The number of nitrogens with one attached hydrogen (secondary N) is 1. The maximum absolute atomic E-state index is 4.31. The summed E-state index contributed by atoms with van der Waals surface area (Å²) in [4.78, 5) is 4.31. The zero-order valence-corrected chi connectivity index (χ0v) is 9.51. The minimum Gasteiger partial charge on any atom is -0.305 e. The summed E-state index contributed by atoms with van der Waals surface area (Å²) in [5.74, 6) is 0. The average Bonchev–Trinajstić information content (AvgIpc) is 2.67. The normalized spacial score (nSPS) is 10.6. The highest BCUT2D eigenvalue weighted by molar-refractivity contribution is 5.17. The van der Waals surface area contributed by atoms with E-state index in [1.54, 1.807) is 4.68 Å². The van der Waals surface area contributed by atoms with Crippen LogP contribution in [0.3, 0.4) is 0 Å². The van der Waals surface area contributed by atoms with Gasteiger partial charge in [-0.1, -0.05) is 11.3 Å². The molecule has 16 heavy (non-hydrogen) atoms. The van der Waals surface area contributed by atoms with E-state index in [9.17, 15) is 0 Å². The van der Waals surface area contributed by atoms with Crippen LogP contribution in [0.1, 0.15) is 17.0 Å². The molecule has 0 spiro atoms. The van der Waals surface area contributed by atoms with E-state index in [1.807, 2.05) is 25.5 Å². The van der Waals surface area contributed by atoms with Gasteiger partial charge in [0.25, 0.3) is 0 Å². The molecule has 5 nitrogen and oxygen atoms in total. The van der Waals surface area contributed by atoms with Gasteiger partial charge in [0, 0.05) is 32.5 Å². The van der Waals surface area contributed by atoms with Gasteiger partial charge < -0.3 is 5.32 Å². The lowest BCUT2D eigenvalue weighted by Crippen LogP contribution is -2.14. The predicted octanol–water partition coefficient (Wildman–Crippen LogP) is 0.808. The van der Waals surface area contributed by atoms with Gasteiger partial charge in [0.15, 0.2) is 0 Å². The van der Waals surface area contributed by atoms with E-state index in [0.717, 1.165) is 17.9 Å². The third-order valence-electron chi connectivity index (χ3n) is 2.37. The Bertz CT molecular complexity index is 463. The van der Waals surface area contributed by atoms with Crippen LogP contribution in [0, 0.1) is 6.92 Å². The summed E-state index contributed by atoms with van der Waals surface area (Å²) in [6.07, 6.45) is 3.71. The Labute approximate surface area is 94.5 Å². The highest BCUT2D eigenvalue weighted by Gasteiger charge is 2.00. The lowest BCUT2D eigenvalue weighted by Gasteiger charge is -2.04. The van der Waals surface area contributed by atoms with Crippen molar-refractivity contribution in [2.45, 2.75) is 20.0 Å². The van der Waals surface area contributed by atoms with Crippen molar-refractivity contribution in [2.75, 3.05) is 0 Å². The quantitative estimate of drug-likeness (QED) is 0.823. The van der Waals surface area contributed by atoms with Crippen LogP contribution in [-0.4, -0.2) is 20.0 Å². The molecule has 0 radical (unpaired) electrons. The summed E-state index contributed by atoms with van der Waals surface area (Å²) in [6.45, 7) is 3.53. The first-order valence-corrected chi connectivity index (χ1v) is 5.22. The summed E-state index contributed by atoms with van der Waals surface area (Å²) in [7, 11) is 1.86. The first-order valence-electron chi connectivity index (χ1n) is 5.22. The molecule has 0 fully saturated rings. The molecule has 0 aliphatic heterocycles. The number of hydrogen-bond donors (Lipinski definition) is 1. The number of rotatable bonds is 4. The summed E-state index contributed by atoms with van der Waals surface area (Å²) >= 11 is 0. The van der Waals surface area contributed by atoms with E-state index in [2.05, 4.69) is 33.6 Å². The van der Waals surface area contributed by atoms with Crippen molar-refractivity contribution < 1.29 is 0 Å². The molecule has 1 N–H and O–H groups in total. The van der Waals surface area contributed by atoms with Crippen LogP contribution >= 0.6 is 0 Å². The zero-order valence-electron chi connectivity index (χ0n) is 9.51. The molecule has 0 saturated carbocycles. The van der Waals surface area contributed by atoms with Crippen molar-refractivity contribution in [1.82, 2.24) is 25.3 Å². The zero-order chi connectivity index (χ0) is 11.4. The fraction of sp³-hybridized carbons (Fsp3) is 0.364. The highest BCUT2D eigenvalue weighted by atomic mass is 15.4. The Morgan fingerprint density at radius 1 is 1.38 bits per heavy atom. The van der Waals surface area contributed by atoms with Crippen molar-refractivity contribution >= 4 is 0 Å². The number of aromatic nitrogens is 4. The van der Waals surface area contributed by atoms with Crippen molar-refractivity contribution in [3.63, 3.8) is 0 Å². The van der Waals surface area contributed by atoms with Crippen LogP contribution in [-0.2, 0) is 20.1 Å². The van der Waals surface area contributed by atoms with Gasteiger partial charge >= 0.3 is 0 Å². The minimum absolute atomic E-state index is 0.712. The van der Waals surface area contributed by atoms with Crippen LogP contribution in [0.2, 0.25) is 0 Å². The molecule has 0 saturated heterocycles. The number of aryl methyl sites for hydroxylation is 2. The first kappa shape index (κ1) is 10.8. The summed E-state index contributed by atoms with van der Waals surface area (Å²) in [5.41, 5.74) is 3.22. The molecule has 2 rings (SSSR count). The molecule has 5 heteroatoms. The first-order chi connectivity index (χ1) is 7.75. The van der Waals surface area contributed by atoms with Crippen molar-refractivity contribution in [3.8, 4) is 0 Å². The second-order valence-electron chi connectivity index (χ2n) is 3.75. The smallest absolute Gasteiger partial charge is 0.0964 e.